The van der Waals surface area contributed by atoms with Gasteiger partial charge in [0.15, 0.2) is 5.17 Å². The first-order chi connectivity index (χ1) is 9.76. The monoisotopic (exact) mass is 295 g/mol. The standard InChI is InChI=1S/C16H29N3S/c1-19-9-5-6-14(11-19)10-17-15-18-12-16(13-20-15)7-3-2-4-8-16/h14H,2-13H2,1H3,(H,17,18). The molecule has 3 rings (SSSR count). The molecule has 20 heavy (non-hydrogen) atoms. The summed E-state index contributed by atoms with van der Waals surface area (Å²) in [4.78, 5) is 7.33. The van der Waals surface area contributed by atoms with Crippen molar-refractivity contribution in [2.24, 2.45) is 16.3 Å². The van der Waals surface area contributed by atoms with Crippen LogP contribution in [0, 0.1) is 11.3 Å². The van der Waals surface area contributed by atoms with Crippen LogP contribution in [0.5, 0.6) is 0 Å². The van der Waals surface area contributed by atoms with Crippen molar-refractivity contribution in [1.82, 2.24) is 10.2 Å². The van der Waals surface area contributed by atoms with Gasteiger partial charge in [0.1, 0.15) is 0 Å². The van der Waals surface area contributed by atoms with E-state index in [1.165, 1.54) is 69.0 Å². The molecule has 0 aromatic carbocycles. The number of rotatable bonds is 2. The zero-order valence-corrected chi connectivity index (χ0v) is 13.7. The van der Waals surface area contributed by atoms with Crippen LogP contribution in [0.4, 0.5) is 0 Å². The Bertz CT molecular complexity index is 350. The second-order valence-electron chi connectivity index (χ2n) is 7.12. The van der Waals surface area contributed by atoms with E-state index in [-0.39, 0.29) is 0 Å². The Kier molecular flexibility index (Phi) is 4.92. The molecule has 0 aromatic rings. The minimum absolute atomic E-state index is 0.555. The van der Waals surface area contributed by atoms with Gasteiger partial charge < -0.3 is 10.2 Å². The molecule has 2 heterocycles. The van der Waals surface area contributed by atoms with Crippen LogP contribution in [-0.4, -0.2) is 49.0 Å². The number of piperidine rings is 1. The molecule has 1 spiro atoms. The zero-order chi connectivity index (χ0) is 13.8. The molecule has 114 valence electrons. The maximum absolute atomic E-state index is 4.86. The average molecular weight is 295 g/mol. The topological polar surface area (TPSA) is 27.6 Å². The lowest BCUT2D eigenvalue weighted by Crippen LogP contribution is -2.41. The van der Waals surface area contributed by atoms with Gasteiger partial charge in [-0.1, -0.05) is 31.0 Å². The fourth-order valence-corrected chi connectivity index (χ4v) is 5.10. The van der Waals surface area contributed by atoms with Crippen molar-refractivity contribution < 1.29 is 0 Å². The van der Waals surface area contributed by atoms with E-state index in [0.717, 1.165) is 19.0 Å². The molecule has 1 N–H and O–H groups in total. The van der Waals surface area contributed by atoms with E-state index >= 15 is 0 Å². The maximum Gasteiger partial charge on any atom is 0.156 e. The van der Waals surface area contributed by atoms with Gasteiger partial charge in [-0.25, -0.2) is 0 Å². The third kappa shape index (κ3) is 3.70. The first kappa shape index (κ1) is 14.7. The van der Waals surface area contributed by atoms with E-state index in [1.54, 1.807) is 0 Å². The van der Waals surface area contributed by atoms with E-state index < -0.39 is 0 Å². The van der Waals surface area contributed by atoms with Gasteiger partial charge >= 0.3 is 0 Å². The third-order valence-corrected chi connectivity index (χ3v) is 6.55. The van der Waals surface area contributed by atoms with Crippen LogP contribution in [0.2, 0.25) is 0 Å². The number of hydrogen-bond acceptors (Lipinski definition) is 4. The lowest BCUT2D eigenvalue weighted by atomic mass is 9.75. The first-order valence-corrected chi connectivity index (χ1v) is 9.34. The Morgan fingerprint density at radius 2 is 2.15 bits per heavy atom. The number of hydrogen-bond donors (Lipinski definition) is 1. The van der Waals surface area contributed by atoms with Crippen LogP contribution in [-0.2, 0) is 0 Å². The summed E-state index contributed by atoms with van der Waals surface area (Å²) < 4.78 is 0. The van der Waals surface area contributed by atoms with Crippen LogP contribution in [0.15, 0.2) is 4.99 Å². The molecule has 4 heteroatoms. The third-order valence-electron chi connectivity index (χ3n) is 5.25. The van der Waals surface area contributed by atoms with Crippen molar-refractivity contribution in [1.29, 1.82) is 0 Å². The molecular weight excluding hydrogens is 266 g/mol. The molecule has 3 nitrogen and oxygen atoms in total. The van der Waals surface area contributed by atoms with Gasteiger partial charge in [0, 0.05) is 25.4 Å². The summed E-state index contributed by atoms with van der Waals surface area (Å²) in [6.07, 6.45) is 9.83. The van der Waals surface area contributed by atoms with Gasteiger partial charge in [0.2, 0.25) is 0 Å². The summed E-state index contributed by atoms with van der Waals surface area (Å²) in [5, 5.41) is 4.84. The Morgan fingerprint density at radius 3 is 2.85 bits per heavy atom. The highest BCUT2D eigenvalue weighted by atomic mass is 32.2. The number of amidine groups is 1. The van der Waals surface area contributed by atoms with E-state index in [1.807, 2.05) is 11.8 Å². The van der Waals surface area contributed by atoms with E-state index in [9.17, 15) is 0 Å². The van der Waals surface area contributed by atoms with Crippen LogP contribution in [0.1, 0.15) is 44.9 Å². The largest absolute Gasteiger partial charge is 0.365 e. The van der Waals surface area contributed by atoms with Gasteiger partial charge in [0.25, 0.3) is 0 Å². The maximum atomic E-state index is 4.86. The van der Waals surface area contributed by atoms with Crippen LogP contribution in [0.25, 0.3) is 0 Å². The highest BCUT2D eigenvalue weighted by Gasteiger charge is 2.34. The minimum atomic E-state index is 0.555. The van der Waals surface area contributed by atoms with Gasteiger partial charge in [-0.15, -0.1) is 0 Å². The van der Waals surface area contributed by atoms with Crippen molar-refractivity contribution in [3.05, 3.63) is 0 Å². The second kappa shape index (κ2) is 6.69. The smallest absolute Gasteiger partial charge is 0.156 e. The van der Waals surface area contributed by atoms with Gasteiger partial charge in [-0.05, 0) is 50.6 Å². The molecule has 1 unspecified atom stereocenters. The summed E-state index contributed by atoms with van der Waals surface area (Å²) in [5.41, 5.74) is 0.555. The summed E-state index contributed by atoms with van der Waals surface area (Å²) in [6, 6.07) is 0. The van der Waals surface area contributed by atoms with Crippen LogP contribution >= 0.6 is 11.8 Å². The van der Waals surface area contributed by atoms with Gasteiger partial charge in [-0.3, -0.25) is 4.99 Å². The zero-order valence-electron chi connectivity index (χ0n) is 12.9. The predicted molar refractivity (Wildman–Crippen MR) is 88.5 cm³/mol. The SMILES string of the molecule is CN1CCCC(CNC2=NCC3(CCCCC3)CS2)C1. The Hall–Kier alpha value is -0.220. The number of thioether (sulfide) groups is 1. The van der Waals surface area contributed by atoms with E-state index in [2.05, 4.69) is 17.3 Å². The number of nitrogens with one attached hydrogen (secondary N) is 1. The molecule has 3 aliphatic rings. The van der Waals surface area contributed by atoms with Crippen LogP contribution in [0.3, 0.4) is 0 Å². The lowest BCUT2D eigenvalue weighted by molar-refractivity contribution is 0.210. The Labute approximate surface area is 128 Å². The molecule has 0 aromatic heterocycles. The highest BCUT2D eigenvalue weighted by molar-refractivity contribution is 8.13. The lowest BCUT2D eigenvalue weighted by Gasteiger charge is -2.38. The molecule has 1 aliphatic carbocycles. The molecule has 1 atom stereocenters. The molecule has 1 saturated carbocycles. The highest BCUT2D eigenvalue weighted by Crippen LogP contribution is 2.41. The minimum Gasteiger partial charge on any atom is -0.365 e. The molecule has 2 fully saturated rings. The van der Waals surface area contributed by atoms with Crippen molar-refractivity contribution in [3.63, 3.8) is 0 Å². The van der Waals surface area contributed by atoms with Gasteiger partial charge in [0.05, 0.1) is 0 Å². The predicted octanol–water partition coefficient (Wildman–Crippen LogP) is 2.97. The van der Waals surface area contributed by atoms with Crippen molar-refractivity contribution in [3.8, 4) is 0 Å². The quantitative estimate of drug-likeness (QED) is 0.849. The Morgan fingerprint density at radius 1 is 1.30 bits per heavy atom. The molecule has 0 amide bonds. The van der Waals surface area contributed by atoms with Crippen molar-refractivity contribution >= 4 is 16.9 Å². The van der Waals surface area contributed by atoms with E-state index in [4.69, 9.17) is 4.99 Å². The van der Waals surface area contributed by atoms with Crippen molar-refractivity contribution in [2.75, 3.05) is 39.0 Å². The fraction of sp³-hybridized carbons (Fsp3) is 0.938. The summed E-state index contributed by atoms with van der Waals surface area (Å²) in [7, 11) is 2.24. The summed E-state index contributed by atoms with van der Waals surface area (Å²) in [5.74, 6) is 2.10. The fourth-order valence-electron chi connectivity index (χ4n) is 3.93. The molecule has 1 saturated heterocycles. The van der Waals surface area contributed by atoms with Crippen LogP contribution < -0.4 is 5.32 Å². The summed E-state index contributed by atoms with van der Waals surface area (Å²) in [6.45, 7) is 4.71. The van der Waals surface area contributed by atoms with E-state index in [0.29, 0.717) is 5.41 Å². The molecular formula is C16H29N3S. The number of nitrogens with zero attached hydrogens (tertiary/aromatic N) is 2. The first-order valence-electron chi connectivity index (χ1n) is 8.35. The Balaban J connectivity index is 1.45. The van der Waals surface area contributed by atoms with Crippen molar-refractivity contribution in [2.45, 2.75) is 44.9 Å². The normalized spacial score (nSPS) is 31.1. The number of likely N-dealkylation sites (tertiary alicyclic amines) is 1. The van der Waals surface area contributed by atoms with Gasteiger partial charge in [-0.2, -0.15) is 0 Å². The molecule has 0 radical (unpaired) electrons. The molecule has 2 aliphatic heterocycles. The molecule has 0 bridgehead atoms. The second-order valence-corrected chi connectivity index (χ2v) is 8.09. The summed E-state index contributed by atoms with van der Waals surface area (Å²) >= 11 is 1.98. The average Bonchev–Trinajstić information content (AvgIpc) is 2.48. The number of aliphatic imine (C=N–C) groups is 1.